The van der Waals surface area contributed by atoms with Crippen LogP contribution in [-0.2, 0) is 0 Å². The highest BCUT2D eigenvalue weighted by atomic mass is 35.5. The Hall–Kier alpha value is -2.32. The molecule has 3 aromatic rings. The molecule has 2 unspecified atom stereocenters. The fourth-order valence-electron chi connectivity index (χ4n) is 5.49. The van der Waals surface area contributed by atoms with Crippen molar-refractivity contribution in [3.63, 3.8) is 0 Å². The van der Waals surface area contributed by atoms with Crippen LogP contribution in [0, 0.1) is 6.92 Å². The average Bonchev–Trinajstić information content (AvgIpc) is 2.71. The lowest BCUT2D eigenvalue weighted by atomic mass is 9.79. The molecule has 0 radical (unpaired) electrons. The first-order chi connectivity index (χ1) is 14.7. The van der Waals surface area contributed by atoms with Gasteiger partial charge in [-0.05, 0) is 81.0 Å². The molecule has 162 valence electrons. The Labute approximate surface area is 192 Å². The molecule has 0 saturated heterocycles. The maximum absolute atomic E-state index is 6.65. The average molecular weight is 433 g/mol. The number of anilines is 1. The molecular formula is C28H33ClN2. The summed E-state index contributed by atoms with van der Waals surface area (Å²) in [6, 6.07) is 19.9. The molecule has 0 aromatic heterocycles. The van der Waals surface area contributed by atoms with Crippen molar-refractivity contribution in [3.05, 3.63) is 76.9 Å². The van der Waals surface area contributed by atoms with Gasteiger partial charge >= 0.3 is 0 Å². The normalized spacial score (nSPS) is 19.4. The van der Waals surface area contributed by atoms with Crippen LogP contribution in [0.25, 0.3) is 10.8 Å². The molecule has 0 aliphatic carbocycles. The van der Waals surface area contributed by atoms with Gasteiger partial charge in [0.05, 0.1) is 5.71 Å². The number of fused-ring (bicyclic) bond motifs is 2. The van der Waals surface area contributed by atoms with Crippen LogP contribution in [-0.4, -0.2) is 23.3 Å². The van der Waals surface area contributed by atoms with Crippen LogP contribution in [0.5, 0.6) is 0 Å². The largest absolute Gasteiger partial charge is 0.350 e. The quantitative estimate of drug-likeness (QED) is 0.234. The molecule has 2 nitrogen and oxygen atoms in total. The van der Waals surface area contributed by atoms with Crippen molar-refractivity contribution < 1.29 is 0 Å². The van der Waals surface area contributed by atoms with Crippen molar-refractivity contribution in [2.75, 3.05) is 11.4 Å². The molecular weight excluding hydrogens is 400 g/mol. The summed E-state index contributed by atoms with van der Waals surface area (Å²) in [6.45, 7) is 14.0. The van der Waals surface area contributed by atoms with Crippen LogP contribution in [0.4, 0.5) is 5.69 Å². The Morgan fingerprint density at radius 1 is 1.16 bits per heavy atom. The smallest absolute Gasteiger partial charge is 0.101 e. The first-order valence-electron chi connectivity index (χ1n) is 11.4. The topological polar surface area (TPSA) is 15.6 Å². The van der Waals surface area contributed by atoms with Gasteiger partial charge in [-0.25, -0.2) is 0 Å². The van der Waals surface area contributed by atoms with E-state index in [4.69, 9.17) is 16.6 Å². The predicted octanol–water partition coefficient (Wildman–Crippen LogP) is 7.68. The molecule has 3 aromatic carbocycles. The molecule has 0 bridgehead atoms. The van der Waals surface area contributed by atoms with Crippen LogP contribution in [0.15, 0.2) is 59.6 Å². The van der Waals surface area contributed by atoms with E-state index in [0.717, 1.165) is 18.7 Å². The van der Waals surface area contributed by atoms with Gasteiger partial charge in [0, 0.05) is 28.9 Å². The highest BCUT2D eigenvalue weighted by Crippen LogP contribution is 2.45. The second-order valence-corrected chi connectivity index (χ2v) is 10.1. The Kier molecular flexibility index (Phi) is 5.87. The third-order valence-electron chi connectivity index (χ3n) is 6.59. The third kappa shape index (κ3) is 3.87. The Balaban J connectivity index is 1.90. The van der Waals surface area contributed by atoms with Crippen molar-refractivity contribution in [2.45, 2.75) is 64.9 Å². The standard InChI is InChI=1S/C28H33ClN2/c1-7-30-27(23-13-9-12-21-11-8-10-18(2)26(21)23)22-14-15-25-24(16-22)19(3)17-28(5,6)31(25)20(4)29/h8-16,19-20H,7,17H2,1-6H3. The van der Waals surface area contributed by atoms with E-state index < -0.39 is 0 Å². The van der Waals surface area contributed by atoms with Gasteiger partial charge in [-0.3, -0.25) is 4.99 Å². The molecule has 4 rings (SSSR count). The summed E-state index contributed by atoms with van der Waals surface area (Å²) < 4.78 is 0. The Bertz CT molecular complexity index is 1140. The summed E-state index contributed by atoms with van der Waals surface area (Å²) >= 11 is 6.65. The second-order valence-electron chi connectivity index (χ2n) is 9.44. The molecule has 0 amide bonds. The van der Waals surface area contributed by atoms with Gasteiger partial charge in [0.2, 0.25) is 0 Å². The van der Waals surface area contributed by atoms with Crippen molar-refractivity contribution in [3.8, 4) is 0 Å². The number of rotatable bonds is 4. The van der Waals surface area contributed by atoms with Crippen LogP contribution in [0.2, 0.25) is 0 Å². The predicted molar refractivity (Wildman–Crippen MR) is 136 cm³/mol. The zero-order valence-electron chi connectivity index (χ0n) is 19.5. The molecule has 31 heavy (non-hydrogen) atoms. The van der Waals surface area contributed by atoms with Gasteiger partial charge in [-0.1, -0.05) is 61.0 Å². The van der Waals surface area contributed by atoms with Crippen molar-refractivity contribution in [1.82, 2.24) is 0 Å². The van der Waals surface area contributed by atoms with Gasteiger partial charge in [0.25, 0.3) is 0 Å². The second kappa shape index (κ2) is 8.31. The van der Waals surface area contributed by atoms with Crippen molar-refractivity contribution in [1.29, 1.82) is 0 Å². The lowest BCUT2D eigenvalue weighted by molar-refractivity contribution is 0.373. The van der Waals surface area contributed by atoms with E-state index >= 15 is 0 Å². The first-order valence-corrected chi connectivity index (χ1v) is 11.8. The first kappa shape index (κ1) is 21.9. The minimum atomic E-state index is -0.0587. The van der Waals surface area contributed by atoms with Crippen molar-refractivity contribution >= 4 is 33.8 Å². The summed E-state index contributed by atoms with van der Waals surface area (Å²) in [7, 11) is 0. The lowest BCUT2D eigenvalue weighted by Crippen LogP contribution is -2.51. The fourth-order valence-corrected chi connectivity index (χ4v) is 5.86. The minimum absolute atomic E-state index is 0.0299. The van der Waals surface area contributed by atoms with Crippen LogP contribution >= 0.6 is 11.6 Å². The fraction of sp³-hybridized carbons (Fsp3) is 0.393. The molecule has 3 heteroatoms. The summed E-state index contributed by atoms with van der Waals surface area (Å²) in [5.74, 6) is 0.466. The van der Waals surface area contributed by atoms with E-state index in [9.17, 15) is 0 Å². The molecule has 0 N–H and O–H groups in total. The molecule has 2 atom stereocenters. The Morgan fingerprint density at radius 3 is 2.55 bits per heavy atom. The van der Waals surface area contributed by atoms with E-state index in [-0.39, 0.29) is 11.0 Å². The highest BCUT2D eigenvalue weighted by Gasteiger charge is 2.38. The molecule has 0 saturated carbocycles. The van der Waals surface area contributed by atoms with Gasteiger partial charge in [-0.2, -0.15) is 0 Å². The van der Waals surface area contributed by atoms with Crippen molar-refractivity contribution in [2.24, 2.45) is 4.99 Å². The number of nitrogens with zero attached hydrogens (tertiary/aromatic N) is 2. The van der Waals surface area contributed by atoms with Crippen LogP contribution in [0.1, 0.15) is 69.2 Å². The third-order valence-corrected chi connectivity index (χ3v) is 6.78. The number of aryl methyl sites for hydroxylation is 1. The number of hydrogen-bond donors (Lipinski definition) is 0. The van der Waals surface area contributed by atoms with E-state index in [2.05, 4.69) is 101 Å². The molecule has 1 aliphatic rings. The van der Waals surface area contributed by atoms with E-state index in [1.165, 1.54) is 38.7 Å². The van der Waals surface area contributed by atoms with Gasteiger partial charge in [-0.15, -0.1) is 0 Å². The van der Waals surface area contributed by atoms with Crippen LogP contribution < -0.4 is 4.90 Å². The minimum Gasteiger partial charge on any atom is -0.350 e. The number of aliphatic imine (C=N–C) groups is 1. The maximum atomic E-state index is 6.65. The lowest BCUT2D eigenvalue weighted by Gasteiger charge is -2.49. The monoisotopic (exact) mass is 432 g/mol. The van der Waals surface area contributed by atoms with Gasteiger partial charge in [0.1, 0.15) is 5.50 Å². The number of alkyl halides is 1. The zero-order chi connectivity index (χ0) is 22.3. The number of benzene rings is 3. The maximum Gasteiger partial charge on any atom is 0.101 e. The SMILES string of the molecule is CCN=C(c1ccc2c(c1)C(C)CC(C)(C)N2C(C)Cl)c1cccc2cccc(C)c12. The van der Waals surface area contributed by atoms with E-state index in [1.807, 2.05) is 0 Å². The summed E-state index contributed by atoms with van der Waals surface area (Å²) in [4.78, 5) is 7.36. The van der Waals surface area contributed by atoms with Crippen LogP contribution in [0.3, 0.4) is 0 Å². The van der Waals surface area contributed by atoms with Gasteiger partial charge < -0.3 is 4.90 Å². The Morgan fingerprint density at radius 2 is 1.87 bits per heavy atom. The van der Waals surface area contributed by atoms with E-state index in [1.54, 1.807) is 0 Å². The molecule has 1 aliphatic heterocycles. The molecule has 0 fully saturated rings. The number of halogens is 1. The summed E-state index contributed by atoms with van der Waals surface area (Å²) in [6.07, 6.45) is 1.08. The summed E-state index contributed by atoms with van der Waals surface area (Å²) in [5.41, 5.74) is 7.35. The molecule has 0 spiro atoms. The van der Waals surface area contributed by atoms with E-state index in [0.29, 0.717) is 5.92 Å². The zero-order valence-corrected chi connectivity index (χ0v) is 20.3. The highest BCUT2D eigenvalue weighted by molar-refractivity contribution is 6.22. The molecule has 1 heterocycles. The summed E-state index contributed by atoms with van der Waals surface area (Å²) in [5, 5.41) is 2.55. The number of hydrogen-bond acceptors (Lipinski definition) is 2. The van der Waals surface area contributed by atoms with Gasteiger partial charge in [0.15, 0.2) is 0 Å².